The van der Waals surface area contributed by atoms with Crippen LogP contribution in [-0.4, -0.2) is 76.2 Å². The number of fused-ring (bicyclic) bond motifs is 1. The third kappa shape index (κ3) is 6.48. The molecule has 2 aliphatic rings. The SMILES string of the molecule is COC(OC)c1nc2c(cc1CO[Si](C)(C)C(C)(C)C)CCC[N@+]2(C(N)=O)c1cc(OCC2CCCN2C)c(C#N)cn1. The fourth-order valence-corrected chi connectivity index (χ4v) is 6.56. The van der Waals surface area contributed by atoms with Crippen molar-refractivity contribution in [3.8, 4) is 11.8 Å². The zero-order valence-corrected chi connectivity index (χ0v) is 27.9. The summed E-state index contributed by atoms with van der Waals surface area (Å²) in [4.78, 5) is 25.4. The number of hydrogen-bond acceptors (Lipinski definition) is 9. The van der Waals surface area contributed by atoms with Crippen molar-refractivity contribution in [3.63, 3.8) is 0 Å². The van der Waals surface area contributed by atoms with E-state index in [4.69, 9.17) is 29.4 Å². The number of ether oxygens (including phenoxy) is 3. The maximum absolute atomic E-state index is 13.5. The van der Waals surface area contributed by atoms with E-state index in [1.807, 2.05) is 6.07 Å². The van der Waals surface area contributed by atoms with Crippen molar-refractivity contribution in [1.29, 1.82) is 5.26 Å². The summed E-state index contributed by atoms with van der Waals surface area (Å²) in [6.45, 7) is 13.2. The smallest absolute Gasteiger partial charge is 0.426 e. The molecule has 1 fully saturated rings. The first-order valence-electron chi connectivity index (χ1n) is 14.9. The molecule has 2 aliphatic heterocycles. The summed E-state index contributed by atoms with van der Waals surface area (Å²) in [7, 11) is 3.10. The number of pyridine rings is 2. The number of nitrogens with zero attached hydrogens (tertiary/aromatic N) is 5. The Hall–Kier alpha value is -2.92. The van der Waals surface area contributed by atoms with E-state index >= 15 is 0 Å². The van der Waals surface area contributed by atoms with E-state index in [1.54, 1.807) is 20.3 Å². The van der Waals surface area contributed by atoms with Crippen molar-refractivity contribution in [2.45, 2.75) is 83.5 Å². The van der Waals surface area contributed by atoms with Gasteiger partial charge in [0.15, 0.2) is 8.32 Å². The molecule has 0 spiro atoms. The van der Waals surface area contributed by atoms with Crippen LogP contribution in [0.2, 0.25) is 18.1 Å². The Morgan fingerprint density at radius 3 is 2.56 bits per heavy atom. The van der Waals surface area contributed by atoms with E-state index in [2.05, 4.69) is 56.9 Å². The molecule has 2 amide bonds. The third-order valence-corrected chi connectivity index (χ3v) is 13.9. The Morgan fingerprint density at radius 1 is 1.26 bits per heavy atom. The van der Waals surface area contributed by atoms with E-state index in [0.29, 0.717) is 61.2 Å². The molecule has 0 saturated carbocycles. The summed E-state index contributed by atoms with van der Waals surface area (Å²) in [5.74, 6) is 1.21. The molecule has 0 aliphatic carbocycles. The van der Waals surface area contributed by atoms with Crippen LogP contribution in [0.1, 0.15) is 68.7 Å². The molecule has 11 nitrogen and oxygen atoms in total. The molecule has 2 atom stereocenters. The van der Waals surface area contributed by atoms with Crippen LogP contribution in [-0.2, 0) is 26.9 Å². The molecular weight excluding hydrogens is 564 g/mol. The van der Waals surface area contributed by atoms with Gasteiger partial charge >= 0.3 is 6.03 Å². The van der Waals surface area contributed by atoms with E-state index in [1.165, 1.54) is 6.20 Å². The van der Waals surface area contributed by atoms with E-state index < -0.39 is 25.1 Å². The number of aromatic nitrogens is 2. The molecular formula is C31H47N6O5Si+. The first-order chi connectivity index (χ1) is 20.3. The standard InChI is InChI=1S/C31H46N6O5Si/c1-31(2,3)43(7,8)42-19-22-15-21-11-10-14-37(30(33)38,28(21)35-27(22)29(39-5)40-6)26-16-25(23(17-32)18-34-26)41-20-24-12-9-13-36(24)4/h15-16,18,24,29H,9-14,19-20H2,1-8H3,(H-,33,38)/p+1/t24?,37-/m0/s1. The van der Waals surface area contributed by atoms with Crippen molar-refractivity contribution in [1.82, 2.24) is 19.4 Å². The molecule has 234 valence electrons. The van der Waals surface area contributed by atoms with Crippen LogP contribution in [0, 0.1) is 11.3 Å². The van der Waals surface area contributed by atoms with E-state index in [0.717, 1.165) is 30.5 Å². The number of rotatable bonds is 10. The van der Waals surface area contributed by atoms with Gasteiger partial charge in [-0.1, -0.05) is 20.8 Å². The lowest BCUT2D eigenvalue weighted by molar-refractivity contribution is -0.109. The van der Waals surface area contributed by atoms with Crippen LogP contribution in [0.3, 0.4) is 0 Å². The molecule has 43 heavy (non-hydrogen) atoms. The second-order valence-electron chi connectivity index (χ2n) is 13.1. The van der Waals surface area contributed by atoms with Gasteiger partial charge < -0.3 is 29.3 Å². The molecule has 1 saturated heterocycles. The first-order valence-corrected chi connectivity index (χ1v) is 17.8. The zero-order valence-electron chi connectivity index (χ0n) is 26.9. The maximum atomic E-state index is 13.5. The van der Waals surface area contributed by atoms with Gasteiger partial charge in [0.05, 0.1) is 18.9 Å². The van der Waals surface area contributed by atoms with Gasteiger partial charge in [0, 0.05) is 37.8 Å². The van der Waals surface area contributed by atoms with Gasteiger partial charge in [0.25, 0.3) is 0 Å². The van der Waals surface area contributed by atoms with E-state index in [-0.39, 0.29) is 11.1 Å². The number of carbonyl (C=O) groups excluding carboxylic acids is 1. The Kier molecular flexibility index (Phi) is 9.95. The number of likely N-dealkylation sites (tertiary alicyclic amines) is 1. The number of urea groups is 1. The largest absolute Gasteiger partial charge is 0.490 e. The lowest BCUT2D eigenvalue weighted by Crippen LogP contribution is -2.56. The fourth-order valence-electron chi connectivity index (χ4n) is 5.61. The Bertz CT molecular complexity index is 1370. The van der Waals surface area contributed by atoms with Gasteiger partial charge in [-0.25, -0.2) is 9.78 Å². The summed E-state index contributed by atoms with van der Waals surface area (Å²) in [6.07, 6.45) is 4.20. The summed E-state index contributed by atoms with van der Waals surface area (Å²) in [5.41, 5.74) is 8.77. The minimum atomic E-state index is -2.08. The number of likely N-dealkylation sites (N-methyl/N-ethyl adjacent to an activating group) is 1. The normalized spacial score (nSPS) is 21.1. The highest BCUT2D eigenvalue weighted by atomic mass is 28.4. The number of nitrogens with two attached hydrogens (primary N) is 1. The topological polar surface area (TPSA) is 133 Å². The van der Waals surface area contributed by atoms with Crippen LogP contribution in [0.15, 0.2) is 18.3 Å². The number of carbonyl (C=O) groups is 1. The number of aryl methyl sites for hydroxylation is 1. The number of hydrogen-bond donors (Lipinski definition) is 1. The van der Waals surface area contributed by atoms with Crippen molar-refractivity contribution >= 4 is 26.0 Å². The van der Waals surface area contributed by atoms with Crippen molar-refractivity contribution in [2.24, 2.45) is 5.73 Å². The Balaban J connectivity index is 1.81. The maximum Gasteiger partial charge on any atom is 0.426 e. The summed E-state index contributed by atoms with van der Waals surface area (Å²) >= 11 is 0. The van der Waals surface area contributed by atoms with Crippen molar-refractivity contribution in [2.75, 3.05) is 41.0 Å². The Morgan fingerprint density at radius 2 is 1.98 bits per heavy atom. The third-order valence-electron chi connectivity index (χ3n) is 9.38. The van der Waals surface area contributed by atoms with Crippen LogP contribution in [0.25, 0.3) is 0 Å². The van der Waals surface area contributed by atoms with Crippen LogP contribution in [0.5, 0.6) is 5.75 Å². The average Bonchev–Trinajstić information content (AvgIpc) is 3.38. The molecule has 12 heteroatoms. The average molecular weight is 612 g/mol. The summed E-state index contributed by atoms with van der Waals surface area (Å²) in [5, 5.41) is 9.84. The lowest BCUT2D eigenvalue weighted by Gasteiger charge is -2.37. The minimum Gasteiger partial charge on any atom is -0.490 e. The second kappa shape index (κ2) is 13.0. The molecule has 0 radical (unpaired) electrons. The molecule has 2 aromatic heterocycles. The van der Waals surface area contributed by atoms with Gasteiger partial charge in [-0.05, 0) is 57.1 Å². The second-order valence-corrected chi connectivity index (χ2v) is 17.9. The molecule has 2 aromatic rings. The summed E-state index contributed by atoms with van der Waals surface area (Å²) < 4.78 is 23.7. The number of amides is 2. The van der Waals surface area contributed by atoms with Crippen LogP contribution < -0.4 is 15.0 Å². The van der Waals surface area contributed by atoms with Gasteiger partial charge in [0.1, 0.15) is 36.2 Å². The minimum absolute atomic E-state index is 0.0307. The molecule has 1 unspecified atom stereocenters. The van der Waals surface area contributed by atoms with Gasteiger partial charge in [0.2, 0.25) is 17.9 Å². The molecule has 4 rings (SSSR count). The van der Waals surface area contributed by atoms with Crippen LogP contribution >= 0.6 is 0 Å². The van der Waals surface area contributed by atoms with Crippen molar-refractivity contribution < 1.29 is 23.4 Å². The Labute approximate surface area is 256 Å². The first kappa shape index (κ1) is 33.0. The number of nitriles is 1. The highest BCUT2D eigenvalue weighted by Gasteiger charge is 2.48. The van der Waals surface area contributed by atoms with Gasteiger partial charge in [-0.3, -0.25) is 0 Å². The predicted octanol–water partition coefficient (Wildman–Crippen LogP) is 5.30. The molecule has 0 bridgehead atoms. The highest BCUT2D eigenvalue weighted by Crippen LogP contribution is 2.43. The molecule has 4 heterocycles. The highest BCUT2D eigenvalue weighted by molar-refractivity contribution is 6.74. The number of primary amides is 1. The molecule has 2 N–H and O–H groups in total. The monoisotopic (exact) mass is 611 g/mol. The number of quaternary nitrogens is 1. The summed E-state index contributed by atoms with van der Waals surface area (Å²) in [6, 6.07) is 5.53. The predicted molar refractivity (Wildman–Crippen MR) is 167 cm³/mol. The van der Waals surface area contributed by atoms with Gasteiger partial charge in [-0.15, -0.1) is 4.48 Å². The fraction of sp³-hybridized carbons (Fsp3) is 0.613. The zero-order chi connectivity index (χ0) is 31.6. The quantitative estimate of drug-likeness (QED) is 0.216. The lowest BCUT2D eigenvalue weighted by atomic mass is 9.99. The number of methoxy groups -OCH3 is 2. The van der Waals surface area contributed by atoms with Gasteiger partial charge in [-0.2, -0.15) is 10.2 Å². The van der Waals surface area contributed by atoms with E-state index in [9.17, 15) is 10.1 Å². The molecule has 0 aromatic carbocycles. The van der Waals surface area contributed by atoms with Crippen LogP contribution in [0.4, 0.5) is 16.4 Å². The van der Waals surface area contributed by atoms with Crippen molar-refractivity contribution in [3.05, 3.63) is 40.7 Å².